The first kappa shape index (κ1) is 19.6. The Labute approximate surface area is 165 Å². The van der Waals surface area contributed by atoms with E-state index >= 15 is 0 Å². The van der Waals surface area contributed by atoms with Crippen molar-refractivity contribution in [2.24, 2.45) is 0 Å². The van der Waals surface area contributed by atoms with E-state index in [4.69, 9.17) is 4.74 Å². The van der Waals surface area contributed by atoms with Gasteiger partial charge in [0.1, 0.15) is 12.3 Å². The van der Waals surface area contributed by atoms with Crippen LogP contribution in [-0.2, 0) is 17.9 Å². The summed E-state index contributed by atoms with van der Waals surface area (Å²) in [6.45, 7) is 6.63. The Morgan fingerprint density at radius 1 is 1.21 bits per heavy atom. The van der Waals surface area contributed by atoms with Gasteiger partial charge in [0, 0.05) is 24.6 Å². The molecule has 1 aromatic carbocycles. The maximum absolute atomic E-state index is 13.2. The lowest BCUT2D eigenvalue weighted by molar-refractivity contribution is -0.135. The van der Waals surface area contributed by atoms with E-state index in [9.17, 15) is 4.79 Å². The lowest BCUT2D eigenvalue weighted by Gasteiger charge is -2.30. The number of benzene rings is 1. The van der Waals surface area contributed by atoms with Crippen LogP contribution in [0.3, 0.4) is 0 Å². The van der Waals surface area contributed by atoms with Crippen molar-refractivity contribution in [1.82, 2.24) is 19.7 Å². The van der Waals surface area contributed by atoms with Gasteiger partial charge in [-0.25, -0.2) is 0 Å². The molecule has 3 rings (SSSR count). The molecule has 6 heteroatoms. The number of ether oxygens (including phenoxy) is 1. The molecular weight excluding hydrogens is 352 g/mol. The van der Waals surface area contributed by atoms with Crippen LogP contribution in [0.2, 0.25) is 0 Å². The molecule has 0 aliphatic heterocycles. The quantitative estimate of drug-likeness (QED) is 0.629. The summed E-state index contributed by atoms with van der Waals surface area (Å²) < 4.78 is 7.01. The maximum Gasteiger partial charge on any atom is 0.245 e. The minimum absolute atomic E-state index is 0.0124. The summed E-state index contributed by atoms with van der Waals surface area (Å²) in [6.07, 6.45) is 3.53. The van der Waals surface area contributed by atoms with E-state index in [1.807, 2.05) is 68.1 Å². The summed E-state index contributed by atoms with van der Waals surface area (Å²) >= 11 is 0. The molecule has 1 atom stereocenters. The Morgan fingerprint density at radius 3 is 2.54 bits per heavy atom. The van der Waals surface area contributed by atoms with Gasteiger partial charge in [0.05, 0.1) is 18.8 Å². The van der Waals surface area contributed by atoms with Crippen LogP contribution in [0.5, 0.6) is 5.75 Å². The van der Waals surface area contributed by atoms with Gasteiger partial charge in [-0.15, -0.1) is 0 Å². The van der Waals surface area contributed by atoms with Crippen molar-refractivity contribution >= 4 is 5.91 Å². The van der Waals surface area contributed by atoms with Crippen molar-refractivity contribution in [3.8, 4) is 5.75 Å². The molecule has 0 saturated heterocycles. The van der Waals surface area contributed by atoms with E-state index in [-0.39, 0.29) is 18.5 Å². The standard InChI is InChI=1S/C22H26N4O2/c1-16-12-17(2)26(24-16)15-22(27)25(14-19-6-5-11-23-13-19)18(3)20-7-9-21(28-4)10-8-20/h5-13,18H,14-15H2,1-4H3. The third-order valence-corrected chi connectivity index (χ3v) is 4.85. The lowest BCUT2D eigenvalue weighted by Crippen LogP contribution is -2.36. The van der Waals surface area contributed by atoms with E-state index in [1.54, 1.807) is 24.2 Å². The molecule has 2 aromatic heterocycles. The Kier molecular flexibility index (Phi) is 6.09. The van der Waals surface area contributed by atoms with Gasteiger partial charge in [-0.05, 0) is 56.2 Å². The van der Waals surface area contributed by atoms with Crippen LogP contribution in [0.1, 0.15) is 35.5 Å². The van der Waals surface area contributed by atoms with Crippen molar-refractivity contribution < 1.29 is 9.53 Å². The fourth-order valence-corrected chi connectivity index (χ4v) is 3.25. The predicted molar refractivity (Wildman–Crippen MR) is 108 cm³/mol. The van der Waals surface area contributed by atoms with Crippen molar-refractivity contribution in [2.45, 2.75) is 39.9 Å². The number of carbonyl (C=O) groups excluding carboxylic acids is 1. The average molecular weight is 378 g/mol. The highest BCUT2D eigenvalue weighted by molar-refractivity contribution is 5.76. The molecule has 0 spiro atoms. The zero-order valence-electron chi connectivity index (χ0n) is 16.8. The number of pyridine rings is 1. The summed E-state index contributed by atoms with van der Waals surface area (Å²) in [5.41, 5.74) is 3.92. The zero-order valence-corrected chi connectivity index (χ0v) is 16.8. The molecule has 28 heavy (non-hydrogen) atoms. The predicted octanol–water partition coefficient (Wildman–Crippen LogP) is 3.69. The fourth-order valence-electron chi connectivity index (χ4n) is 3.25. The van der Waals surface area contributed by atoms with E-state index < -0.39 is 0 Å². The highest BCUT2D eigenvalue weighted by atomic mass is 16.5. The van der Waals surface area contributed by atoms with Crippen LogP contribution in [0.4, 0.5) is 0 Å². The number of aromatic nitrogens is 3. The van der Waals surface area contributed by atoms with Gasteiger partial charge in [0.2, 0.25) is 5.91 Å². The van der Waals surface area contributed by atoms with Gasteiger partial charge < -0.3 is 9.64 Å². The molecular formula is C22H26N4O2. The SMILES string of the molecule is COc1ccc(C(C)N(Cc2cccnc2)C(=O)Cn2nc(C)cc2C)cc1. The average Bonchev–Trinajstić information content (AvgIpc) is 3.03. The van der Waals surface area contributed by atoms with Gasteiger partial charge in [-0.1, -0.05) is 18.2 Å². The zero-order chi connectivity index (χ0) is 20.1. The van der Waals surface area contributed by atoms with Gasteiger partial charge in [-0.3, -0.25) is 14.5 Å². The molecule has 0 aliphatic rings. The molecule has 0 fully saturated rings. The maximum atomic E-state index is 13.2. The fraction of sp³-hybridized carbons (Fsp3) is 0.318. The molecule has 1 unspecified atom stereocenters. The van der Waals surface area contributed by atoms with E-state index in [2.05, 4.69) is 10.1 Å². The molecule has 0 saturated carbocycles. The first-order valence-electron chi connectivity index (χ1n) is 9.31. The largest absolute Gasteiger partial charge is 0.497 e. The van der Waals surface area contributed by atoms with E-state index in [0.29, 0.717) is 6.54 Å². The van der Waals surface area contributed by atoms with E-state index in [0.717, 1.165) is 28.3 Å². The summed E-state index contributed by atoms with van der Waals surface area (Å²) in [6, 6.07) is 13.6. The third kappa shape index (κ3) is 4.57. The molecule has 6 nitrogen and oxygen atoms in total. The van der Waals surface area contributed by atoms with Gasteiger partial charge in [-0.2, -0.15) is 5.10 Å². The molecule has 0 bridgehead atoms. The molecule has 2 heterocycles. The third-order valence-electron chi connectivity index (χ3n) is 4.85. The second-order valence-electron chi connectivity index (χ2n) is 6.92. The number of hydrogen-bond acceptors (Lipinski definition) is 4. The number of methoxy groups -OCH3 is 1. The minimum atomic E-state index is -0.101. The Bertz CT molecular complexity index is 919. The molecule has 146 valence electrons. The second kappa shape index (κ2) is 8.69. The molecule has 3 aromatic rings. The Morgan fingerprint density at radius 2 is 1.96 bits per heavy atom. The van der Waals surface area contributed by atoms with Gasteiger partial charge >= 0.3 is 0 Å². The number of rotatable bonds is 7. The van der Waals surface area contributed by atoms with Gasteiger partial charge in [0.25, 0.3) is 0 Å². The topological polar surface area (TPSA) is 60.2 Å². The van der Waals surface area contributed by atoms with Crippen molar-refractivity contribution in [2.75, 3.05) is 7.11 Å². The van der Waals surface area contributed by atoms with Crippen LogP contribution in [0, 0.1) is 13.8 Å². The Balaban J connectivity index is 1.86. The first-order valence-corrected chi connectivity index (χ1v) is 9.31. The van der Waals surface area contributed by atoms with Crippen molar-refractivity contribution in [3.05, 3.63) is 77.4 Å². The van der Waals surface area contributed by atoms with Crippen LogP contribution >= 0.6 is 0 Å². The number of aryl methyl sites for hydroxylation is 2. The molecule has 0 aliphatic carbocycles. The van der Waals surface area contributed by atoms with E-state index in [1.165, 1.54) is 0 Å². The number of carbonyl (C=O) groups is 1. The van der Waals surface area contributed by atoms with Crippen LogP contribution in [0.25, 0.3) is 0 Å². The summed E-state index contributed by atoms with van der Waals surface area (Å²) in [7, 11) is 1.64. The molecule has 0 N–H and O–H groups in total. The first-order chi connectivity index (χ1) is 13.5. The minimum Gasteiger partial charge on any atom is -0.497 e. The highest BCUT2D eigenvalue weighted by Gasteiger charge is 2.23. The van der Waals surface area contributed by atoms with Crippen LogP contribution in [0.15, 0.2) is 54.9 Å². The second-order valence-corrected chi connectivity index (χ2v) is 6.92. The highest BCUT2D eigenvalue weighted by Crippen LogP contribution is 2.25. The summed E-state index contributed by atoms with van der Waals surface area (Å²) in [5, 5.41) is 4.43. The smallest absolute Gasteiger partial charge is 0.245 e. The summed E-state index contributed by atoms with van der Waals surface area (Å²) in [5.74, 6) is 0.807. The van der Waals surface area contributed by atoms with Crippen LogP contribution < -0.4 is 4.74 Å². The number of hydrogen-bond donors (Lipinski definition) is 0. The van der Waals surface area contributed by atoms with Crippen molar-refractivity contribution in [3.63, 3.8) is 0 Å². The van der Waals surface area contributed by atoms with Crippen LogP contribution in [-0.4, -0.2) is 32.7 Å². The monoisotopic (exact) mass is 378 g/mol. The Hall–Kier alpha value is -3.15. The molecule has 0 radical (unpaired) electrons. The van der Waals surface area contributed by atoms with Crippen molar-refractivity contribution in [1.29, 1.82) is 0 Å². The van der Waals surface area contributed by atoms with Gasteiger partial charge in [0.15, 0.2) is 0 Å². The molecule has 1 amide bonds. The normalized spacial score (nSPS) is 11.9. The number of nitrogens with zero attached hydrogens (tertiary/aromatic N) is 4. The number of amides is 1. The lowest BCUT2D eigenvalue weighted by atomic mass is 10.1. The summed E-state index contributed by atoms with van der Waals surface area (Å²) in [4.78, 5) is 19.3.